The predicted molar refractivity (Wildman–Crippen MR) is 510 cm³/mol. The topological polar surface area (TPSA) is 92.0 Å². The summed E-state index contributed by atoms with van der Waals surface area (Å²) in [5.41, 5.74) is 27.5. The van der Waals surface area contributed by atoms with Crippen LogP contribution in [0.15, 0.2) is 413 Å². The second kappa shape index (κ2) is 35.3. The fourth-order valence-corrected chi connectivity index (χ4v) is 17.2. The maximum absolute atomic E-state index is 9.10. The molecule has 16 aromatic carbocycles. The molecular weight excluding hydrogens is 1520 g/mol. The third kappa shape index (κ3) is 17.9. The Hall–Kier alpha value is -13.6. The van der Waals surface area contributed by atoms with Crippen molar-refractivity contribution in [1.29, 1.82) is 0 Å². The van der Waals surface area contributed by atoms with E-state index in [1.54, 1.807) is 50.4 Å². The minimum Gasteiger partial charge on any atom is -0.387 e. The summed E-state index contributed by atoms with van der Waals surface area (Å²) in [5, 5.41) is 23.1. The largest absolute Gasteiger partial charge is 0.387 e. The summed E-state index contributed by atoms with van der Waals surface area (Å²) >= 11 is 9.46. The highest BCUT2D eigenvalue weighted by atomic mass is 35.5. The van der Waals surface area contributed by atoms with Gasteiger partial charge in [0.2, 0.25) is 5.28 Å². The van der Waals surface area contributed by atoms with Crippen LogP contribution in [0.3, 0.4) is 0 Å². The van der Waals surface area contributed by atoms with Crippen molar-refractivity contribution < 1.29 is 10.2 Å². The summed E-state index contributed by atoms with van der Waals surface area (Å²) in [5.74, 6) is 0.733. The number of hydrogen-bond acceptors (Lipinski definition) is 8. The molecule has 2 N–H and O–H groups in total. The van der Waals surface area contributed by atoms with E-state index in [2.05, 4.69) is 356 Å². The van der Waals surface area contributed by atoms with E-state index in [4.69, 9.17) is 39.6 Å². The van der Waals surface area contributed by atoms with E-state index in [0.717, 1.165) is 82.1 Å². The first-order chi connectivity index (χ1) is 58.5. The maximum atomic E-state index is 9.10. The zero-order valence-electron chi connectivity index (χ0n) is 66.7. The predicted octanol–water partition coefficient (Wildman–Crippen LogP) is 29.0. The quantitative estimate of drug-likeness (QED) is 0.0833. The Balaban J connectivity index is 0.000000135. The molecule has 4 heterocycles. The summed E-state index contributed by atoms with van der Waals surface area (Å²) in [7, 11) is 6.04. The molecule has 0 unspecified atom stereocenters. The molecule has 0 aliphatic heterocycles. The van der Waals surface area contributed by atoms with Gasteiger partial charge in [0.25, 0.3) is 0 Å². The molecule has 20 rings (SSSR count). The monoisotopic (exact) mass is 1600 g/mol. The Kier molecular flexibility index (Phi) is 23.2. The van der Waals surface area contributed by atoms with Gasteiger partial charge < -0.3 is 10.2 Å². The highest BCUT2D eigenvalue weighted by Gasteiger charge is 2.32. The molecule has 2 radical (unpaired) electrons. The van der Waals surface area contributed by atoms with Crippen molar-refractivity contribution in [1.82, 2.24) is 19.9 Å². The molecule has 0 atom stereocenters. The lowest BCUT2D eigenvalue weighted by molar-refractivity contribution is -0.107. The number of halogens is 1. The van der Waals surface area contributed by atoms with Gasteiger partial charge in [-0.2, -0.15) is 0 Å². The average Bonchev–Trinajstić information content (AvgIpc) is 1.60. The fourth-order valence-electron chi connectivity index (χ4n) is 14.8. The standard InChI is InChI=1S/C52H34N2S.C36H25B.C16H9ClN2S.C6H14O2/c1-4-15-35(16-5-1)44-32-45(36-17-6-2-7-18-36)34-46(33-44)42-25-13-23-40(30-42)38-21-12-22-39(29-38)41-24-14-26-43(31-41)51-53-50(37-19-8-3-9-20-37)49-47-27-10-11-28-48(47)55-52(49)54-51;37-36-19-9-18-32(25-36)30-16-7-14-28(20-30)29-15-8-17-31(21-29)35-23-33(26-10-3-1-4-11-26)22-34(24-35)27-12-5-2-6-13-27;17-16-18-14(10-6-2-1-3-7-10)13-11-8-4-5-9-12(11)20-15(13)19-16;1-5(2,7)6(3,4)8/h1-34H;1-25H;1-9H;7-8H,1-4H3. The molecule has 10 heteroatoms. The van der Waals surface area contributed by atoms with Crippen LogP contribution in [0.1, 0.15) is 27.7 Å². The Morgan fingerprint density at radius 2 is 0.467 bits per heavy atom. The number of hydrogen-bond donors (Lipinski definition) is 2. The molecule has 0 bridgehead atoms. The number of nitrogens with zero attached hydrogens (tertiary/aromatic N) is 4. The number of benzene rings is 16. The third-order valence-corrected chi connectivity index (χ3v) is 24.1. The van der Waals surface area contributed by atoms with E-state index in [0.29, 0.717) is 5.28 Å². The minimum absolute atomic E-state index is 0.294. The minimum atomic E-state index is -1.01. The van der Waals surface area contributed by atoms with E-state index in [1.807, 2.05) is 66.7 Å². The highest BCUT2D eigenvalue weighted by Crippen LogP contribution is 2.44. The van der Waals surface area contributed by atoms with E-state index in [1.165, 1.54) is 109 Å². The molecule has 576 valence electrons. The fraction of sp³-hybridized carbons (Fsp3) is 0.0545. The molecule has 0 fully saturated rings. The summed E-state index contributed by atoms with van der Waals surface area (Å²) in [6.45, 7) is 6.31. The number of aromatic nitrogens is 4. The third-order valence-electron chi connectivity index (χ3n) is 21.8. The first-order valence-electron chi connectivity index (χ1n) is 40.0. The van der Waals surface area contributed by atoms with Gasteiger partial charge in [0.1, 0.15) is 17.5 Å². The van der Waals surface area contributed by atoms with Crippen molar-refractivity contribution in [2.75, 3.05) is 0 Å². The highest BCUT2D eigenvalue weighted by molar-refractivity contribution is 7.26. The van der Waals surface area contributed by atoms with Crippen LogP contribution in [0.25, 0.3) is 186 Å². The lowest BCUT2D eigenvalue weighted by atomic mass is 9.90. The van der Waals surface area contributed by atoms with E-state index < -0.39 is 11.2 Å². The van der Waals surface area contributed by atoms with Crippen molar-refractivity contribution in [3.63, 3.8) is 0 Å². The molecule has 0 saturated heterocycles. The second-order valence-corrected chi connectivity index (χ2v) is 33.1. The van der Waals surface area contributed by atoms with Crippen molar-refractivity contribution >= 4 is 88.2 Å². The van der Waals surface area contributed by atoms with E-state index in [-0.39, 0.29) is 0 Å². The molecular formula is C110H82BClN4O2S2. The number of aliphatic hydroxyl groups is 2. The summed E-state index contributed by atoms with van der Waals surface area (Å²) < 4.78 is 2.42. The van der Waals surface area contributed by atoms with Gasteiger partial charge in [-0.1, -0.05) is 339 Å². The summed E-state index contributed by atoms with van der Waals surface area (Å²) in [6, 6.07) is 146. The SMILES string of the molecule is CC(C)(O)C(C)(C)O.Clc1nc(-c2ccccc2)c2c(n1)sc1ccccc12.[B]c1cccc(-c2cccc(-c3cccc(-c4cc(-c5ccccc5)cc(-c5ccccc5)c4)c3)c2)c1.c1ccc(-c2cc(-c3ccccc3)cc(-c3cccc(-c4cccc(-c5cccc(-c6nc(-c7ccccc7)c7c(n6)sc6ccccc67)c5)c4)c3)c2)cc1. The molecule has 120 heavy (non-hydrogen) atoms. The number of rotatable bonds is 14. The van der Waals surface area contributed by atoms with E-state index >= 15 is 0 Å². The van der Waals surface area contributed by atoms with Crippen LogP contribution < -0.4 is 5.46 Å². The normalized spacial score (nSPS) is 11.3. The smallest absolute Gasteiger partial charge is 0.224 e. The van der Waals surface area contributed by atoms with Gasteiger partial charge in [-0.05, 0) is 229 Å². The van der Waals surface area contributed by atoms with Gasteiger partial charge in [0, 0.05) is 47.6 Å². The van der Waals surface area contributed by atoms with E-state index in [9.17, 15) is 0 Å². The molecule has 4 aromatic heterocycles. The molecule has 0 aliphatic carbocycles. The zero-order valence-corrected chi connectivity index (χ0v) is 69.1. The van der Waals surface area contributed by atoms with Crippen molar-refractivity contribution in [3.05, 3.63) is 418 Å². The molecule has 0 amide bonds. The maximum Gasteiger partial charge on any atom is 0.224 e. The Morgan fingerprint density at radius 3 is 0.792 bits per heavy atom. The molecule has 0 saturated carbocycles. The van der Waals surface area contributed by atoms with Crippen molar-refractivity contribution in [2.24, 2.45) is 0 Å². The van der Waals surface area contributed by atoms with Crippen LogP contribution in [-0.4, -0.2) is 49.2 Å². The lowest BCUT2D eigenvalue weighted by Crippen LogP contribution is -2.44. The summed E-state index contributed by atoms with van der Waals surface area (Å²) in [6.07, 6.45) is 0. The first kappa shape index (κ1) is 78.9. The van der Waals surface area contributed by atoms with Gasteiger partial charge >= 0.3 is 0 Å². The van der Waals surface area contributed by atoms with Gasteiger partial charge in [0.15, 0.2) is 5.82 Å². The van der Waals surface area contributed by atoms with Crippen LogP contribution in [0.4, 0.5) is 0 Å². The molecule has 6 nitrogen and oxygen atoms in total. The second-order valence-electron chi connectivity index (χ2n) is 30.7. The lowest BCUT2D eigenvalue weighted by Gasteiger charge is -2.31. The Bertz CT molecular complexity index is 6880. The molecule has 0 aliphatic rings. The van der Waals surface area contributed by atoms with Crippen LogP contribution in [0.5, 0.6) is 0 Å². The number of thiophene rings is 2. The van der Waals surface area contributed by atoms with Crippen LogP contribution >= 0.6 is 34.3 Å². The van der Waals surface area contributed by atoms with Crippen molar-refractivity contribution in [2.45, 2.75) is 38.9 Å². The molecule has 0 spiro atoms. The van der Waals surface area contributed by atoms with Crippen LogP contribution in [-0.2, 0) is 0 Å². The van der Waals surface area contributed by atoms with Crippen molar-refractivity contribution in [3.8, 4) is 145 Å². The Morgan fingerprint density at radius 1 is 0.233 bits per heavy atom. The zero-order chi connectivity index (χ0) is 82.1. The van der Waals surface area contributed by atoms with Gasteiger partial charge in [-0.25, -0.2) is 19.9 Å². The van der Waals surface area contributed by atoms with Crippen LogP contribution in [0.2, 0.25) is 5.28 Å². The average molecular weight is 1600 g/mol. The number of fused-ring (bicyclic) bond motifs is 6. The van der Waals surface area contributed by atoms with Crippen LogP contribution in [0, 0.1) is 0 Å². The van der Waals surface area contributed by atoms with Gasteiger partial charge in [-0.3, -0.25) is 0 Å². The van der Waals surface area contributed by atoms with Gasteiger partial charge in [-0.15, -0.1) is 22.7 Å². The van der Waals surface area contributed by atoms with Gasteiger partial charge in [0.05, 0.1) is 22.6 Å². The first-order valence-corrected chi connectivity index (χ1v) is 42.1. The Labute approximate surface area is 714 Å². The summed E-state index contributed by atoms with van der Waals surface area (Å²) in [4.78, 5) is 21.2. The molecule has 20 aromatic rings.